The van der Waals surface area contributed by atoms with Crippen LogP contribution < -0.4 is 9.64 Å². The number of nitrogens with zero attached hydrogens (tertiary/aromatic N) is 9. The number of aromatic amines is 1. The third-order valence-corrected chi connectivity index (χ3v) is 11.8. The number of nitrogens with one attached hydrogen (secondary N) is 1. The Morgan fingerprint density at radius 1 is 1.06 bits per heavy atom. The van der Waals surface area contributed by atoms with Crippen molar-refractivity contribution in [2.24, 2.45) is 5.92 Å². The minimum atomic E-state index is -0.884. The SMILES string of the molecule is Fc1c2ncc3c(nc(OC[C@@]45CCCN4C[C@H](F)C5)nc13)N1CCC[C@H](C1)c1cnn(n1)CC[C@H]1C[C@H]1c1c(Cl)cc3[nH]ncc3c1-2. The summed E-state index contributed by atoms with van der Waals surface area (Å²) in [4.78, 5) is 20.6. The highest BCUT2D eigenvalue weighted by Crippen LogP contribution is 2.56. The molecule has 5 atom stereocenters. The number of hydrogen-bond donors (Lipinski definition) is 1. The van der Waals surface area contributed by atoms with E-state index in [-0.39, 0.29) is 35.7 Å². The Morgan fingerprint density at radius 2 is 2.00 bits per heavy atom. The quantitative estimate of drug-likeness (QED) is 0.254. The first-order valence-corrected chi connectivity index (χ1v) is 17.5. The minimum Gasteiger partial charge on any atom is -0.461 e. The molecule has 0 spiro atoms. The fraction of sp³-hybridized carbons (Fsp3) is 0.529. The number of piperidine rings is 1. The molecule has 0 amide bonds. The van der Waals surface area contributed by atoms with E-state index in [0.29, 0.717) is 59.3 Å². The molecular weight excluding hydrogens is 638 g/mol. The molecule has 3 saturated heterocycles. The predicted molar refractivity (Wildman–Crippen MR) is 176 cm³/mol. The first kappa shape index (κ1) is 29.0. The van der Waals surface area contributed by atoms with Crippen molar-refractivity contribution in [3.05, 3.63) is 46.8 Å². The molecule has 11 rings (SSSR count). The van der Waals surface area contributed by atoms with Gasteiger partial charge in [-0.3, -0.25) is 15.0 Å². The van der Waals surface area contributed by atoms with E-state index in [1.807, 2.05) is 17.1 Å². The number of pyridine rings is 1. The van der Waals surface area contributed by atoms with Crippen molar-refractivity contribution in [1.29, 1.82) is 0 Å². The molecule has 6 aliphatic rings. The molecule has 8 bridgehead atoms. The molecule has 1 aromatic carbocycles. The van der Waals surface area contributed by atoms with Gasteiger partial charge in [-0.05, 0) is 68.5 Å². The summed E-state index contributed by atoms with van der Waals surface area (Å²) >= 11 is 7.00. The average Bonchev–Trinajstić information content (AvgIpc) is 3.48. The van der Waals surface area contributed by atoms with Crippen molar-refractivity contribution in [2.75, 3.05) is 37.7 Å². The first-order chi connectivity index (χ1) is 23.4. The molecule has 5 aromatic rings. The maximum absolute atomic E-state index is 17.2. The number of aromatic nitrogens is 8. The van der Waals surface area contributed by atoms with Gasteiger partial charge in [0, 0.05) is 54.1 Å². The Balaban J connectivity index is 1.16. The summed E-state index contributed by atoms with van der Waals surface area (Å²) in [6.45, 7) is 3.60. The maximum Gasteiger partial charge on any atom is 0.319 e. The van der Waals surface area contributed by atoms with Crippen LogP contribution in [-0.4, -0.2) is 89.5 Å². The van der Waals surface area contributed by atoms with Gasteiger partial charge < -0.3 is 9.64 Å². The van der Waals surface area contributed by atoms with Crippen LogP contribution in [0.15, 0.2) is 24.7 Å². The van der Waals surface area contributed by atoms with Crippen molar-refractivity contribution in [2.45, 2.75) is 75.0 Å². The van der Waals surface area contributed by atoms with Gasteiger partial charge >= 0.3 is 6.01 Å². The van der Waals surface area contributed by atoms with E-state index in [0.717, 1.165) is 68.3 Å². The highest BCUT2D eigenvalue weighted by Gasteiger charge is 2.49. The van der Waals surface area contributed by atoms with Gasteiger partial charge in [-0.15, -0.1) is 0 Å². The number of halogens is 3. The molecule has 4 fully saturated rings. The van der Waals surface area contributed by atoms with Crippen LogP contribution in [0.25, 0.3) is 33.1 Å². The van der Waals surface area contributed by atoms with E-state index in [9.17, 15) is 4.39 Å². The van der Waals surface area contributed by atoms with E-state index < -0.39 is 17.5 Å². The molecule has 48 heavy (non-hydrogen) atoms. The topological polar surface area (TPSA) is 114 Å². The lowest BCUT2D eigenvalue weighted by molar-refractivity contribution is 0.107. The Bertz CT molecular complexity index is 2090. The minimum absolute atomic E-state index is 0.0881. The Hall–Kier alpha value is -3.97. The Labute approximate surface area is 280 Å². The van der Waals surface area contributed by atoms with Crippen LogP contribution in [0, 0.1) is 11.7 Å². The lowest BCUT2D eigenvalue weighted by atomic mass is 9.94. The average molecular weight is 673 g/mol. The van der Waals surface area contributed by atoms with Crippen LogP contribution in [0.5, 0.6) is 6.01 Å². The van der Waals surface area contributed by atoms with E-state index >= 15 is 4.39 Å². The predicted octanol–water partition coefficient (Wildman–Crippen LogP) is 5.80. The zero-order valence-corrected chi connectivity index (χ0v) is 27.1. The van der Waals surface area contributed by atoms with E-state index in [1.165, 1.54) is 0 Å². The molecular formula is C34H35ClF2N10O. The molecule has 1 N–H and O–H groups in total. The van der Waals surface area contributed by atoms with Crippen molar-refractivity contribution < 1.29 is 13.5 Å². The lowest BCUT2D eigenvalue weighted by Crippen LogP contribution is -2.43. The third kappa shape index (κ3) is 4.53. The number of fused-ring (bicyclic) bond motifs is 4. The number of hydrogen-bond acceptors (Lipinski definition) is 9. The molecule has 11 nitrogen and oxygen atoms in total. The van der Waals surface area contributed by atoms with Gasteiger partial charge in [-0.1, -0.05) is 11.6 Å². The van der Waals surface area contributed by atoms with E-state index in [2.05, 4.69) is 25.1 Å². The molecule has 9 heterocycles. The smallest absolute Gasteiger partial charge is 0.319 e. The van der Waals surface area contributed by atoms with Gasteiger partial charge in [-0.25, -0.2) is 8.78 Å². The molecule has 4 aromatic heterocycles. The van der Waals surface area contributed by atoms with Crippen LogP contribution in [0.3, 0.4) is 0 Å². The van der Waals surface area contributed by atoms with Gasteiger partial charge in [0.15, 0.2) is 5.82 Å². The van der Waals surface area contributed by atoms with Gasteiger partial charge in [0.2, 0.25) is 0 Å². The molecule has 248 valence electrons. The summed E-state index contributed by atoms with van der Waals surface area (Å²) in [5.41, 5.74) is 3.13. The van der Waals surface area contributed by atoms with Crippen LogP contribution in [0.2, 0.25) is 5.02 Å². The standard InChI is InChI=1S/C34H35ClF2N10O/c35-24-10-25-22(13-39-43-25)28-27(24)21-9-18(21)4-8-47-40-14-26(44-47)19-3-1-6-45(15-19)32-23-12-38-31(28)29(37)30(23)41-33(42-32)48-17-34-5-2-7-46(34)16-20(36)11-34/h10,12-14,18-21H,1-9,11,15-17H2,(H,39,43)/t18-,19+,20+,21+,34-/m0/s1. The summed E-state index contributed by atoms with van der Waals surface area (Å²) in [6.07, 6.45) is 10.4. The lowest BCUT2D eigenvalue weighted by Gasteiger charge is -2.34. The normalized spacial score (nSPS) is 28.2. The molecule has 1 saturated carbocycles. The summed E-state index contributed by atoms with van der Waals surface area (Å²) in [5, 5.41) is 18.7. The van der Waals surface area contributed by atoms with Gasteiger partial charge in [0.1, 0.15) is 29.8 Å². The number of rotatable bonds is 3. The number of H-pyrrole nitrogens is 1. The van der Waals surface area contributed by atoms with Gasteiger partial charge in [0.05, 0.1) is 41.1 Å². The third-order valence-electron chi connectivity index (χ3n) is 11.5. The molecule has 5 aliphatic heterocycles. The number of ether oxygens (including phenoxy) is 1. The number of aryl methyl sites for hydroxylation is 1. The fourth-order valence-electron chi connectivity index (χ4n) is 9.06. The van der Waals surface area contributed by atoms with Gasteiger partial charge in [0.25, 0.3) is 0 Å². The summed E-state index contributed by atoms with van der Waals surface area (Å²) in [7, 11) is 0. The molecule has 0 radical (unpaired) electrons. The second kappa shape index (κ2) is 10.8. The Morgan fingerprint density at radius 3 is 2.94 bits per heavy atom. The monoisotopic (exact) mass is 672 g/mol. The molecule has 0 unspecified atom stereocenters. The summed E-state index contributed by atoms with van der Waals surface area (Å²) in [6, 6.07) is 1.96. The van der Waals surface area contributed by atoms with Crippen LogP contribution >= 0.6 is 11.6 Å². The van der Waals surface area contributed by atoms with Crippen molar-refractivity contribution in [3.8, 4) is 17.3 Å². The Kier molecular flexibility index (Phi) is 6.50. The van der Waals surface area contributed by atoms with Crippen LogP contribution in [0.4, 0.5) is 14.6 Å². The van der Waals surface area contributed by atoms with Gasteiger partial charge in [-0.2, -0.15) is 30.1 Å². The largest absolute Gasteiger partial charge is 0.461 e. The number of benzene rings is 1. The zero-order valence-electron chi connectivity index (χ0n) is 26.4. The van der Waals surface area contributed by atoms with E-state index in [4.69, 9.17) is 36.4 Å². The van der Waals surface area contributed by atoms with Crippen LogP contribution in [-0.2, 0) is 6.54 Å². The van der Waals surface area contributed by atoms with Crippen molar-refractivity contribution >= 4 is 39.2 Å². The van der Waals surface area contributed by atoms with Crippen molar-refractivity contribution in [1.82, 2.24) is 45.0 Å². The summed E-state index contributed by atoms with van der Waals surface area (Å²) in [5.74, 6) is 0.666. The zero-order chi connectivity index (χ0) is 32.1. The molecule has 14 heteroatoms. The molecule has 1 aliphatic carbocycles. The first-order valence-electron chi connectivity index (χ1n) is 17.1. The van der Waals surface area contributed by atoms with Crippen LogP contribution in [0.1, 0.15) is 68.0 Å². The number of alkyl halides is 1. The fourth-order valence-corrected chi connectivity index (χ4v) is 9.40. The maximum atomic E-state index is 17.2. The highest BCUT2D eigenvalue weighted by atomic mass is 35.5. The van der Waals surface area contributed by atoms with E-state index in [1.54, 1.807) is 12.4 Å². The highest BCUT2D eigenvalue weighted by molar-refractivity contribution is 6.33. The second-order valence-corrected chi connectivity index (χ2v) is 14.8. The summed E-state index contributed by atoms with van der Waals surface area (Å²) < 4.78 is 38.2. The number of anilines is 1. The van der Waals surface area contributed by atoms with Crippen molar-refractivity contribution in [3.63, 3.8) is 0 Å². The second-order valence-electron chi connectivity index (χ2n) is 14.4.